The number of amides is 1. The summed E-state index contributed by atoms with van der Waals surface area (Å²) in [5, 5.41) is 12.4. The predicted octanol–water partition coefficient (Wildman–Crippen LogP) is 2.62. The van der Waals surface area contributed by atoms with E-state index in [0.717, 1.165) is 36.0 Å². The van der Waals surface area contributed by atoms with Crippen LogP contribution in [0.15, 0.2) is 42.5 Å². The van der Waals surface area contributed by atoms with Gasteiger partial charge in [0, 0.05) is 17.4 Å². The Morgan fingerprint density at radius 2 is 1.78 bits per heavy atom. The number of benzene rings is 2. The van der Waals surface area contributed by atoms with Crippen LogP contribution in [0.3, 0.4) is 0 Å². The minimum atomic E-state index is -3.24. The molecule has 3 atom stereocenters. The number of thioether (sulfide) groups is 1. The molecule has 10 heteroatoms. The van der Waals surface area contributed by atoms with Gasteiger partial charge in [0.15, 0.2) is 0 Å². The van der Waals surface area contributed by atoms with Crippen LogP contribution in [0.4, 0.5) is 0 Å². The van der Waals surface area contributed by atoms with Crippen LogP contribution in [0.5, 0.6) is 0 Å². The molecule has 0 aliphatic heterocycles. The number of hydrogen-bond acceptors (Lipinski definition) is 6. The standard InChI is InChI=1S/C31H44N2O5S2.Li/c1-4-40(37,38)20-24(18-22-11-6-5-7-12-22)29(32)23-14-15-26(27(19-23)25-13-9-8-10-21(25)2)30(34)33-28(31(35)36)16-17-39-3;/h8-10,13-15,19,22,24,28-29H,4-7,11-12,16-18,20,32H2,1-3H3,(H,33,34)(H,35,36);/q;+1. The molecule has 0 aromatic heterocycles. The fourth-order valence-corrected chi connectivity index (χ4v) is 7.38. The number of carbonyl (C=O) groups excluding carboxylic acids is 1. The summed E-state index contributed by atoms with van der Waals surface area (Å²) in [5.74, 6) is -0.569. The number of hydrogen-bond donors (Lipinski definition) is 3. The first kappa shape index (κ1) is 35.4. The van der Waals surface area contributed by atoms with Crippen molar-refractivity contribution in [2.45, 2.75) is 70.9 Å². The maximum atomic E-state index is 13.4. The van der Waals surface area contributed by atoms with E-state index in [4.69, 9.17) is 5.73 Å². The smallest absolute Gasteiger partial charge is 0.480 e. The molecule has 1 aliphatic carbocycles. The van der Waals surface area contributed by atoms with Crippen LogP contribution in [0, 0.1) is 18.8 Å². The number of carbonyl (C=O) groups is 2. The van der Waals surface area contributed by atoms with Crippen molar-refractivity contribution in [3.8, 4) is 11.1 Å². The van der Waals surface area contributed by atoms with E-state index in [1.165, 1.54) is 31.0 Å². The molecular formula is C31H44LiN2O5S2+. The number of nitrogens with one attached hydrogen (secondary N) is 1. The van der Waals surface area contributed by atoms with E-state index in [0.29, 0.717) is 29.2 Å². The van der Waals surface area contributed by atoms with E-state index in [9.17, 15) is 23.1 Å². The summed E-state index contributed by atoms with van der Waals surface area (Å²) in [5.41, 5.74) is 10.5. The third-order valence-electron chi connectivity index (χ3n) is 8.10. The first-order valence-corrected chi connectivity index (χ1v) is 17.5. The molecule has 1 amide bonds. The summed E-state index contributed by atoms with van der Waals surface area (Å²) < 4.78 is 25.5. The average Bonchev–Trinajstić information content (AvgIpc) is 2.94. The van der Waals surface area contributed by atoms with Crippen molar-refractivity contribution in [3.05, 3.63) is 59.2 Å². The number of aryl methyl sites for hydroxylation is 1. The van der Waals surface area contributed by atoms with Gasteiger partial charge in [0.25, 0.3) is 5.91 Å². The van der Waals surface area contributed by atoms with Crippen LogP contribution < -0.4 is 29.9 Å². The van der Waals surface area contributed by atoms with Crippen molar-refractivity contribution in [3.63, 3.8) is 0 Å². The fraction of sp³-hybridized carbons (Fsp3) is 0.548. The molecule has 0 saturated heterocycles. The molecule has 0 radical (unpaired) electrons. The quantitative estimate of drug-likeness (QED) is 0.287. The zero-order valence-corrected chi connectivity index (χ0v) is 26.5. The van der Waals surface area contributed by atoms with Crippen molar-refractivity contribution in [1.29, 1.82) is 0 Å². The number of carboxylic acid groups (broad SMARTS) is 1. The second-order valence-electron chi connectivity index (χ2n) is 11.0. The molecule has 7 nitrogen and oxygen atoms in total. The van der Waals surface area contributed by atoms with E-state index in [-0.39, 0.29) is 36.3 Å². The Morgan fingerprint density at radius 1 is 1.10 bits per heavy atom. The molecule has 220 valence electrons. The number of aliphatic carboxylic acids is 1. The maximum absolute atomic E-state index is 13.4. The molecule has 3 rings (SSSR count). The van der Waals surface area contributed by atoms with Crippen LogP contribution >= 0.6 is 11.8 Å². The third kappa shape index (κ3) is 10.2. The van der Waals surface area contributed by atoms with Crippen molar-refractivity contribution in [1.82, 2.24) is 5.32 Å². The van der Waals surface area contributed by atoms with Crippen LogP contribution in [0.25, 0.3) is 11.1 Å². The van der Waals surface area contributed by atoms with Gasteiger partial charge in [-0.05, 0) is 78.0 Å². The summed E-state index contributed by atoms with van der Waals surface area (Å²) in [6.45, 7) is 3.63. The second kappa shape index (κ2) is 16.8. The van der Waals surface area contributed by atoms with Crippen molar-refractivity contribution >= 4 is 33.5 Å². The average molecular weight is 596 g/mol. The Kier molecular flexibility index (Phi) is 14.5. The number of nitrogens with two attached hydrogens (primary N) is 1. The Labute approximate surface area is 261 Å². The molecule has 0 heterocycles. The maximum Gasteiger partial charge on any atom is 1.00 e. The van der Waals surface area contributed by atoms with Crippen LogP contribution in [0.1, 0.15) is 79.4 Å². The van der Waals surface area contributed by atoms with Gasteiger partial charge in [-0.25, -0.2) is 13.2 Å². The van der Waals surface area contributed by atoms with Gasteiger partial charge in [-0.1, -0.05) is 69.4 Å². The molecule has 2 aromatic carbocycles. The van der Waals surface area contributed by atoms with E-state index in [1.807, 2.05) is 43.5 Å². The van der Waals surface area contributed by atoms with Gasteiger partial charge in [-0.2, -0.15) is 11.8 Å². The summed E-state index contributed by atoms with van der Waals surface area (Å²) >= 11 is 1.53. The van der Waals surface area contributed by atoms with Crippen molar-refractivity contribution in [2.75, 3.05) is 23.5 Å². The number of rotatable bonds is 14. The largest absolute Gasteiger partial charge is 1.00 e. The Hall–Kier alpha value is -1.76. The molecule has 0 bridgehead atoms. The van der Waals surface area contributed by atoms with Crippen molar-refractivity contribution in [2.24, 2.45) is 17.6 Å². The molecule has 1 fully saturated rings. The fourth-order valence-electron chi connectivity index (χ4n) is 5.68. The van der Waals surface area contributed by atoms with Gasteiger partial charge in [-0.3, -0.25) is 4.79 Å². The monoisotopic (exact) mass is 595 g/mol. The van der Waals surface area contributed by atoms with Gasteiger partial charge < -0.3 is 16.2 Å². The molecule has 2 aromatic rings. The molecule has 4 N–H and O–H groups in total. The normalized spacial score (nSPS) is 16.3. The summed E-state index contributed by atoms with van der Waals surface area (Å²) in [6.07, 6.45) is 8.74. The van der Waals surface area contributed by atoms with Gasteiger partial charge in [0.1, 0.15) is 15.9 Å². The zero-order valence-electron chi connectivity index (χ0n) is 24.9. The van der Waals surface area contributed by atoms with Gasteiger partial charge in [0.05, 0.1) is 5.75 Å². The third-order valence-corrected chi connectivity index (χ3v) is 10.6. The van der Waals surface area contributed by atoms with E-state index in [1.54, 1.807) is 19.1 Å². The Bertz CT molecular complexity index is 1260. The van der Waals surface area contributed by atoms with Crippen LogP contribution in [-0.2, 0) is 14.6 Å². The molecular weight excluding hydrogens is 551 g/mol. The number of sulfone groups is 1. The first-order chi connectivity index (χ1) is 19.1. The van der Waals surface area contributed by atoms with Gasteiger partial charge in [0.2, 0.25) is 0 Å². The van der Waals surface area contributed by atoms with E-state index >= 15 is 0 Å². The molecule has 1 aliphatic rings. The predicted molar refractivity (Wildman–Crippen MR) is 164 cm³/mol. The Morgan fingerprint density at radius 3 is 2.39 bits per heavy atom. The summed E-state index contributed by atoms with van der Waals surface area (Å²) in [6, 6.07) is 11.6. The molecule has 1 saturated carbocycles. The minimum absolute atomic E-state index is 0. The van der Waals surface area contributed by atoms with Gasteiger partial charge >= 0.3 is 24.8 Å². The molecule has 41 heavy (non-hydrogen) atoms. The van der Waals surface area contributed by atoms with E-state index < -0.39 is 33.8 Å². The minimum Gasteiger partial charge on any atom is -0.480 e. The topological polar surface area (TPSA) is 127 Å². The van der Waals surface area contributed by atoms with Gasteiger partial charge in [-0.15, -0.1) is 0 Å². The van der Waals surface area contributed by atoms with Crippen LogP contribution in [-0.4, -0.2) is 55.0 Å². The first-order valence-electron chi connectivity index (χ1n) is 14.2. The molecule has 0 spiro atoms. The number of carboxylic acids is 1. The SMILES string of the molecule is CCS(=O)(=O)CC(CC1CCCCC1)C(N)c1ccc(C(=O)NC(CCSC)C(=O)O)c(-c2ccccc2C)c1.[Li+]. The summed E-state index contributed by atoms with van der Waals surface area (Å²) in [7, 11) is -3.24. The summed E-state index contributed by atoms with van der Waals surface area (Å²) in [4.78, 5) is 25.3. The van der Waals surface area contributed by atoms with E-state index in [2.05, 4.69) is 5.32 Å². The molecule has 3 unspecified atom stereocenters. The zero-order chi connectivity index (χ0) is 29.3. The van der Waals surface area contributed by atoms with Crippen molar-refractivity contribution < 1.29 is 42.0 Å². The Balaban J connectivity index is 0.00000588. The second-order valence-corrected chi connectivity index (χ2v) is 14.4. The van der Waals surface area contributed by atoms with Crippen LogP contribution in [0.2, 0.25) is 0 Å².